The molecule has 6 rings (SSSR count). The molecule has 0 spiro atoms. The molecular formula is C38H35N5O3. The van der Waals surface area contributed by atoms with E-state index in [9.17, 15) is 9.59 Å². The van der Waals surface area contributed by atoms with E-state index in [0.717, 1.165) is 34.2 Å². The van der Waals surface area contributed by atoms with Gasteiger partial charge in [0.2, 0.25) is 17.7 Å². The molecule has 1 aliphatic rings. The molecule has 230 valence electrons. The lowest BCUT2D eigenvalue weighted by Crippen LogP contribution is -2.52. The van der Waals surface area contributed by atoms with Crippen LogP contribution in [0.15, 0.2) is 122 Å². The van der Waals surface area contributed by atoms with Crippen molar-refractivity contribution < 1.29 is 14.3 Å². The molecule has 3 aromatic carbocycles. The number of benzene rings is 3. The second kappa shape index (κ2) is 14.4. The molecule has 3 heterocycles. The summed E-state index contributed by atoms with van der Waals surface area (Å²) in [6.45, 7) is 1.36. The van der Waals surface area contributed by atoms with Gasteiger partial charge in [-0.05, 0) is 64.1 Å². The molecule has 0 saturated carbocycles. The van der Waals surface area contributed by atoms with E-state index in [-0.39, 0.29) is 18.4 Å². The molecule has 8 heteroatoms. The summed E-state index contributed by atoms with van der Waals surface area (Å²) in [5.74, 6) is 0.0252. The van der Waals surface area contributed by atoms with Crippen molar-refractivity contribution in [3.8, 4) is 17.0 Å². The van der Waals surface area contributed by atoms with Crippen LogP contribution in [0.5, 0.6) is 5.88 Å². The van der Waals surface area contributed by atoms with Gasteiger partial charge < -0.3 is 14.5 Å². The van der Waals surface area contributed by atoms with Gasteiger partial charge in [-0.1, -0.05) is 78.9 Å². The first-order valence-electron chi connectivity index (χ1n) is 15.3. The Morgan fingerprint density at radius 3 is 2.26 bits per heavy atom. The molecule has 0 radical (unpaired) electrons. The number of carbonyl (C=O) groups is 2. The van der Waals surface area contributed by atoms with E-state index in [1.807, 2.05) is 83.8 Å². The van der Waals surface area contributed by atoms with Crippen molar-refractivity contribution in [2.45, 2.75) is 32.0 Å². The number of fused-ring (bicyclic) bond motifs is 1. The summed E-state index contributed by atoms with van der Waals surface area (Å²) in [5.41, 5.74) is 6.91. The smallest absolute Gasteiger partial charge is 0.247 e. The van der Waals surface area contributed by atoms with Gasteiger partial charge in [0.15, 0.2) is 0 Å². The Morgan fingerprint density at radius 1 is 0.826 bits per heavy atom. The number of amides is 2. The van der Waals surface area contributed by atoms with E-state index >= 15 is 0 Å². The Kier molecular flexibility index (Phi) is 9.54. The maximum absolute atomic E-state index is 14.5. The van der Waals surface area contributed by atoms with Crippen molar-refractivity contribution in [1.82, 2.24) is 25.0 Å². The number of aromatic nitrogens is 3. The summed E-state index contributed by atoms with van der Waals surface area (Å²) >= 11 is 0. The van der Waals surface area contributed by atoms with E-state index in [2.05, 4.69) is 27.3 Å². The van der Waals surface area contributed by atoms with Crippen LogP contribution in [0.25, 0.3) is 17.2 Å². The predicted molar refractivity (Wildman–Crippen MR) is 177 cm³/mol. The molecule has 0 N–H and O–H groups in total. The third kappa shape index (κ3) is 7.35. The minimum Gasteiger partial charge on any atom is -0.480 e. The van der Waals surface area contributed by atoms with Crippen LogP contribution in [-0.2, 0) is 35.5 Å². The lowest BCUT2D eigenvalue weighted by molar-refractivity contribution is -0.144. The zero-order valence-electron chi connectivity index (χ0n) is 25.7. The van der Waals surface area contributed by atoms with Gasteiger partial charge in [-0.15, -0.1) is 10.2 Å². The monoisotopic (exact) mass is 609 g/mol. The van der Waals surface area contributed by atoms with Crippen LogP contribution in [0.4, 0.5) is 0 Å². The number of carbonyl (C=O) groups excluding carboxylic acids is 2. The highest BCUT2D eigenvalue weighted by molar-refractivity contribution is 5.95. The van der Waals surface area contributed by atoms with Gasteiger partial charge in [0.05, 0.1) is 12.8 Å². The Morgan fingerprint density at radius 2 is 1.54 bits per heavy atom. The van der Waals surface area contributed by atoms with Gasteiger partial charge >= 0.3 is 0 Å². The summed E-state index contributed by atoms with van der Waals surface area (Å²) in [5, 5.41) is 8.14. The summed E-state index contributed by atoms with van der Waals surface area (Å²) in [7, 11) is 1.52. The minimum absolute atomic E-state index is 0.0715. The maximum Gasteiger partial charge on any atom is 0.247 e. The van der Waals surface area contributed by atoms with Crippen LogP contribution in [0.3, 0.4) is 0 Å². The van der Waals surface area contributed by atoms with Gasteiger partial charge in [-0.25, -0.2) is 0 Å². The number of hydrogen-bond donors (Lipinski definition) is 0. The standard InChI is InChI=1S/C38H35N5O3/c1-46-36-17-15-34(40-41-36)16-18-37(44)43(26-29-11-13-31(14-12-29)32-19-22-39-23-20-32)35(25-28-7-3-2-4-8-28)38(45)42-24-21-30-9-5-6-10-33(30)27-42/h2-20,22-23,35H,21,24-27H2,1H3/b18-16+/t35-/m0/s1. The largest absolute Gasteiger partial charge is 0.480 e. The van der Waals surface area contributed by atoms with Crippen molar-refractivity contribution in [3.05, 3.63) is 150 Å². The number of pyridine rings is 1. The molecule has 1 aliphatic heterocycles. The highest BCUT2D eigenvalue weighted by atomic mass is 16.5. The molecule has 8 nitrogen and oxygen atoms in total. The normalized spacial score (nSPS) is 13.2. The van der Waals surface area contributed by atoms with Crippen LogP contribution in [0.2, 0.25) is 0 Å². The Bertz CT molecular complexity index is 1790. The molecule has 2 amide bonds. The first-order valence-corrected chi connectivity index (χ1v) is 15.3. The minimum atomic E-state index is -0.730. The first kappa shape index (κ1) is 30.4. The van der Waals surface area contributed by atoms with E-state index in [1.54, 1.807) is 35.5 Å². The topological polar surface area (TPSA) is 88.5 Å². The Hall–Kier alpha value is -5.63. The van der Waals surface area contributed by atoms with Crippen LogP contribution in [0.1, 0.15) is 27.9 Å². The van der Waals surface area contributed by atoms with Gasteiger partial charge in [-0.3, -0.25) is 14.6 Å². The highest BCUT2D eigenvalue weighted by Gasteiger charge is 2.34. The second-order valence-electron chi connectivity index (χ2n) is 11.2. The zero-order chi connectivity index (χ0) is 31.7. The molecule has 1 atom stereocenters. The fourth-order valence-corrected chi connectivity index (χ4v) is 5.73. The van der Waals surface area contributed by atoms with Crippen molar-refractivity contribution in [2.24, 2.45) is 0 Å². The molecule has 46 heavy (non-hydrogen) atoms. The molecule has 5 aromatic rings. The second-order valence-corrected chi connectivity index (χ2v) is 11.2. The van der Waals surface area contributed by atoms with E-state index in [4.69, 9.17) is 4.74 Å². The van der Waals surface area contributed by atoms with Crippen molar-refractivity contribution >= 4 is 17.9 Å². The lowest BCUT2D eigenvalue weighted by atomic mass is 9.97. The fourth-order valence-electron chi connectivity index (χ4n) is 5.73. The van der Waals surface area contributed by atoms with Crippen LogP contribution >= 0.6 is 0 Å². The summed E-state index contributed by atoms with van der Waals surface area (Å²) in [6.07, 6.45) is 7.79. The molecular weight excluding hydrogens is 574 g/mol. The molecule has 0 fully saturated rings. The van der Waals surface area contributed by atoms with Crippen LogP contribution in [-0.4, -0.2) is 56.5 Å². The molecule has 2 aromatic heterocycles. The summed E-state index contributed by atoms with van der Waals surface area (Å²) in [6, 6.07) is 32.8. The number of rotatable bonds is 10. The average molecular weight is 610 g/mol. The first-order chi connectivity index (χ1) is 22.6. The number of nitrogens with zero attached hydrogens (tertiary/aromatic N) is 5. The quantitative estimate of drug-likeness (QED) is 0.187. The molecule has 0 saturated heterocycles. The number of methoxy groups -OCH3 is 1. The Balaban J connectivity index is 1.34. The van der Waals surface area contributed by atoms with Gasteiger partial charge in [0.25, 0.3) is 0 Å². The average Bonchev–Trinajstić information content (AvgIpc) is 3.13. The van der Waals surface area contributed by atoms with E-state index in [1.165, 1.54) is 18.7 Å². The van der Waals surface area contributed by atoms with Gasteiger partial charge in [-0.2, -0.15) is 0 Å². The van der Waals surface area contributed by atoms with E-state index in [0.29, 0.717) is 31.1 Å². The van der Waals surface area contributed by atoms with Gasteiger partial charge in [0, 0.05) is 50.6 Å². The third-order valence-electron chi connectivity index (χ3n) is 8.25. The predicted octanol–water partition coefficient (Wildman–Crippen LogP) is 5.79. The maximum atomic E-state index is 14.5. The van der Waals surface area contributed by atoms with Crippen LogP contribution < -0.4 is 4.74 Å². The lowest BCUT2D eigenvalue weighted by Gasteiger charge is -2.37. The van der Waals surface area contributed by atoms with Crippen molar-refractivity contribution in [3.63, 3.8) is 0 Å². The number of hydrogen-bond acceptors (Lipinski definition) is 6. The summed E-state index contributed by atoms with van der Waals surface area (Å²) in [4.78, 5) is 36.3. The van der Waals surface area contributed by atoms with Crippen molar-refractivity contribution in [2.75, 3.05) is 13.7 Å². The number of ether oxygens (including phenoxy) is 1. The van der Waals surface area contributed by atoms with Gasteiger partial charge in [0.1, 0.15) is 6.04 Å². The van der Waals surface area contributed by atoms with E-state index < -0.39 is 6.04 Å². The highest BCUT2D eigenvalue weighted by Crippen LogP contribution is 2.24. The van der Waals surface area contributed by atoms with Crippen LogP contribution in [0, 0.1) is 0 Å². The third-order valence-corrected chi connectivity index (χ3v) is 8.25. The Labute approximate surface area is 269 Å². The molecule has 0 unspecified atom stereocenters. The fraction of sp³-hybridized carbons (Fsp3) is 0.184. The SMILES string of the molecule is COc1ccc(/C=C/C(=O)N(Cc2ccc(-c3ccncc3)cc2)[C@@H](Cc2ccccc2)C(=O)N2CCc3ccccc3C2)nn1. The van der Waals surface area contributed by atoms with Crippen molar-refractivity contribution in [1.29, 1.82) is 0 Å². The molecule has 0 bridgehead atoms. The molecule has 0 aliphatic carbocycles. The summed E-state index contributed by atoms with van der Waals surface area (Å²) < 4.78 is 5.11. The zero-order valence-corrected chi connectivity index (χ0v) is 25.7.